The van der Waals surface area contributed by atoms with E-state index in [4.69, 9.17) is 0 Å². The Kier molecular flexibility index (Phi) is 4.83. The Morgan fingerprint density at radius 1 is 0.882 bits per heavy atom. The first-order chi connectivity index (χ1) is 7.78. The second kappa shape index (κ2) is 6.14. The fraction of sp³-hybridized carbons (Fsp3) is 0.333. The first-order valence-electron chi connectivity index (χ1n) is 5.70. The minimum Gasteiger partial charge on any atom is -0.208 e. The smallest absolute Gasteiger partial charge is 0.169 e. The lowest BCUT2D eigenvalue weighted by molar-refractivity contribution is -0.693. The lowest BCUT2D eigenvalue weighted by Gasteiger charge is -1.99. The molecule has 0 N–H and O–H groups in total. The van der Waals surface area contributed by atoms with Crippen molar-refractivity contribution in [1.29, 1.82) is 0 Å². The van der Waals surface area contributed by atoms with E-state index in [9.17, 15) is 0 Å². The molecule has 0 amide bonds. The van der Waals surface area contributed by atoms with Gasteiger partial charge in [0.1, 0.15) is 13.6 Å². The normalized spacial score (nSPS) is 9.76. The summed E-state index contributed by atoms with van der Waals surface area (Å²) in [6.45, 7) is 3.18. The molecule has 17 heavy (non-hydrogen) atoms. The molecule has 0 fully saturated rings. The quantitative estimate of drug-likeness (QED) is 0.713. The molecule has 2 rings (SSSR count). The van der Waals surface area contributed by atoms with Crippen molar-refractivity contribution in [3.05, 3.63) is 60.2 Å². The second-order valence-electron chi connectivity index (χ2n) is 4.09. The molecule has 2 nitrogen and oxygen atoms in total. The van der Waals surface area contributed by atoms with E-state index >= 15 is 0 Å². The van der Waals surface area contributed by atoms with Gasteiger partial charge in [-0.1, -0.05) is 7.43 Å². The SMILES string of the molecule is C.CC[n+]1ccc(Cc2cc[n+](C)cc2)cc1. The van der Waals surface area contributed by atoms with Gasteiger partial charge in [-0.2, -0.15) is 0 Å². The van der Waals surface area contributed by atoms with Gasteiger partial charge in [-0.15, -0.1) is 0 Å². The van der Waals surface area contributed by atoms with Crippen LogP contribution in [0.25, 0.3) is 0 Å². The zero-order valence-electron chi connectivity index (χ0n) is 9.93. The maximum atomic E-state index is 2.19. The number of rotatable bonds is 3. The maximum absolute atomic E-state index is 2.19. The van der Waals surface area contributed by atoms with Crippen LogP contribution < -0.4 is 9.13 Å². The van der Waals surface area contributed by atoms with Gasteiger partial charge >= 0.3 is 0 Å². The number of hydrogen-bond acceptors (Lipinski definition) is 0. The molecular weight excluding hydrogens is 208 g/mol. The third-order valence-corrected chi connectivity index (χ3v) is 2.78. The monoisotopic (exact) mass is 230 g/mol. The summed E-state index contributed by atoms with van der Waals surface area (Å²) in [6, 6.07) is 8.72. The Hall–Kier alpha value is -1.70. The van der Waals surface area contributed by atoms with Gasteiger partial charge in [0.25, 0.3) is 0 Å². The van der Waals surface area contributed by atoms with E-state index in [1.807, 2.05) is 7.05 Å². The van der Waals surface area contributed by atoms with Gasteiger partial charge in [-0.25, -0.2) is 9.13 Å². The van der Waals surface area contributed by atoms with Gasteiger partial charge in [0, 0.05) is 24.3 Å². The summed E-state index contributed by atoms with van der Waals surface area (Å²) in [5, 5.41) is 0. The van der Waals surface area contributed by atoms with E-state index in [1.165, 1.54) is 11.1 Å². The van der Waals surface area contributed by atoms with Crippen LogP contribution in [0.2, 0.25) is 0 Å². The van der Waals surface area contributed by atoms with Gasteiger partial charge in [0.15, 0.2) is 24.8 Å². The number of hydrogen-bond donors (Lipinski definition) is 0. The topological polar surface area (TPSA) is 7.76 Å². The molecule has 0 atom stereocenters. The van der Waals surface area contributed by atoms with Crippen LogP contribution in [0.3, 0.4) is 0 Å². The third kappa shape index (κ3) is 3.66. The summed E-state index contributed by atoms with van der Waals surface area (Å²) in [4.78, 5) is 0. The molecule has 0 aliphatic carbocycles. The molecule has 0 saturated carbocycles. The molecule has 0 unspecified atom stereocenters. The molecule has 90 valence electrons. The van der Waals surface area contributed by atoms with Crippen LogP contribution in [-0.4, -0.2) is 0 Å². The molecule has 0 aliphatic rings. The summed E-state index contributed by atoms with van der Waals surface area (Å²) >= 11 is 0. The largest absolute Gasteiger partial charge is 0.208 e. The molecule has 2 aromatic heterocycles. The lowest BCUT2D eigenvalue weighted by Crippen LogP contribution is -2.30. The Morgan fingerprint density at radius 3 is 1.82 bits per heavy atom. The Morgan fingerprint density at radius 2 is 1.35 bits per heavy atom. The zero-order valence-corrected chi connectivity index (χ0v) is 9.93. The van der Waals surface area contributed by atoms with Crippen molar-refractivity contribution in [2.24, 2.45) is 7.05 Å². The average molecular weight is 230 g/mol. The van der Waals surface area contributed by atoms with E-state index in [0.717, 1.165) is 13.0 Å². The highest BCUT2D eigenvalue weighted by Gasteiger charge is 2.01. The Bertz CT molecular complexity index is 443. The molecular formula is C15H22N2+2. The second-order valence-corrected chi connectivity index (χ2v) is 4.09. The van der Waals surface area contributed by atoms with Crippen LogP contribution in [-0.2, 0) is 20.0 Å². The van der Waals surface area contributed by atoms with Gasteiger partial charge < -0.3 is 0 Å². The van der Waals surface area contributed by atoms with Crippen LogP contribution in [0.5, 0.6) is 0 Å². The number of aryl methyl sites for hydroxylation is 2. The zero-order chi connectivity index (χ0) is 11.4. The molecule has 0 spiro atoms. The van der Waals surface area contributed by atoms with Crippen LogP contribution in [0.15, 0.2) is 49.1 Å². The maximum Gasteiger partial charge on any atom is 0.169 e. The van der Waals surface area contributed by atoms with E-state index in [1.54, 1.807) is 0 Å². The van der Waals surface area contributed by atoms with E-state index in [0.29, 0.717) is 0 Å². The van der Waals surface area contributed by atoms with E-state index in [2.05, 4.69) is 65.1 Å². The fourth-order valence-electron chi connectivity index (χ4n) is 1.70. The summed E-state index contributed by atoms with van der Waals surface area (Å²) in [5.74, 6) is 0. The van der Waals surface area contributed by atoms with Crippen molar-refractivity contribution < 1.29 is 9.13 Å². The average Bonchev–Trinajstić information content (AvgIpc) is 2.33. The number of pyridine rings is 2. The van der Waals surface area contributed by atoms with Crippen molar-refractivity contribution in [1.82, 2.24) is 0 Å². The van der Waals surface area contributed by atoms with Crippen LogP contribution in [0.1, 0.15) is 25.5 Å². The highest BCUT2D eigenvalue weighted by atomic mass is 14.9. The minimum absolute atomic E-state index is 0. The summed E-state index contributed by atoms with van der Waals surface area (Å²) in [5.41, 5.74) is 2.71. The molecule has 0 bridgehead atoms. The molecule has 2 aromatic rings. The summed E-state index contributed by atoms with van der Waals surface area (Å²) < 4.78 is 4.23. The fourth-order valence-corrected chi connectivity index (χ4v) is 1.70. The molecule has 0 radical (unpaired) electrons. The van der Waals surface area contributed by atoms with Crippen LogP contribution in [0, 0.1) is 0 Å². The molecule has 0 saturated heterocycles. The lowest BCUT2D eigenvalue weighted by atomic mass is 10.1. The van der Waals surface area contributed by atoms with Crippen LogP contribution >= 0.6 is 0 Å². The third-order valence-electron chi connectivity index (χ3n) is 2.78. The minimum atomic E-state index is 0. The number of aromatic nitrogens is 2. The Balaban J connectivity index is 0.00000144. The van der Waals surface area contributed by atoms with Crippen molar-refractivity contribution >= 4 is 0 Å². The number of nitrogens with zero attached hydrogens (tertiary/aromatic N) is 2. The molecule has 2 heteroatoms. The summed E-state index contributed by atoms with van der Waals surface area (Å²) in [6.07, 6.45) is 9.46. The predicted molar refractivity (Wildman–Crippen MR) is 69.5 cm³/mol. The Labute approximate surface area is 104 Å². The molecule has 0 aromatic carbocycles. The van der Waals surface area contributed by atoms with Crippen molar-refractivity contribution in [3.63, 3.8) is 0 Å². The van der Waals surface area contributed by atoms with Crippen molar-refractivity contribution in [2.45, 2.75) is 27.3 Å². The summed E-state index contributed by atoms with van der Waals surface area (Å²) in [7, 11) is 2.04. The highest BCUT2D eigenvalue weighted by molar-refractivity contribution is 5.20. The first-order valence-corrected chi connectivity index (χ1v) is 5.70. The van der Waals surface area contributed by atoms with Gasteiger partial charge in [-0.05, 0) is 24.5 Å². The predicted octanol–water partition coefficient (Wildman–Crippen LogP) is 2.05. The van der Waals surface area contributed by atoms with Crippen molar-refractivity contribution in [3.8, 4) is 0 Å². The highest BCUT2D eigenvalue weighted by Crippen LogP contribution is 2.05. The standard InChI is InChI=1S/C14H18N2.CH4/c1-3-16-10-6-14(7-11-16)12-13-4-8-15(2)9-5-13;/h4-11H,3,12H2,1-2H3;1H4/q+2;. The van der Waals surface area contributed by atoms with E-state index in [-0.39, 0.29) is 7.43 Å². The van der Waals surface area contributed by atoms with Crippen molar-refractivity contribution in [2.75, 3.05) is 0 Å². The van der Waals surface area contributed by atoms with Crippen LogP contribution in [0.4, 0.5) is 0 Å². The van der Waals surface area contributed by atoms with E-state index < -0.39 is 0 Å². The van der Waals surface area contributed by atoms with Gasteiger partial charge in [0.05, 0.1) is 0 Å². The molecule has 2 heterocycles. The molecule has 0 aliphatic heterocycles. The van der Waals surface area contributed by atoms with Gasteiger partial charge in [0.2, 0.25) is 0 Å². The first kappa shape index (κ1) is 13.4. The van der Waals surface area contributed by atoms with Gasteiger partial charge in [-0.3, -0.25) is 0 Å².